The van der Waals surface area contributed by atoms with Gasteiger partial charge in [0, 0.05) is 23.0 Å². The number of nitrogen functional groups attached to an aromatic ring is 1. The summed E-state index contributed by atoms with van der Waals surface area (Å²) in [5.74, 6) is 0. The smallest absolute Gasteiger partial charge is 0.0764 e. The van der Waals surface area contributed by atoms with E-state index in [0.717, 1.165) is 16.6 Å². The number of pyridine rings is 1. The van der Waals surface area contributed by atoms with Crippen molar-refractivity contribution < 1.29 is 0 Å². The quantitative estimate of drug-likeness (QED) is 0.664. The summed E-state index contributed by atoms with van der Waals surface area (Å²) in [7, 11) is 0. The van der Waals surface area contributed by atoms with Crippen LogP contribution in [0.1, 0.15) is 0 Å². The van der Waals surface area contributed by atoms with Gasteiger partial charge in [0.25, 0.3) is 0 Å². The van der Waals surface area contributed by atoms with Gasteiger partial charge in [-0.2, -0.15) is 0 Å². The molecule has 100 valence electrons. The van der Waals surface area contributed by atoms with E-state index in [1.54, 1.807) is 18.3 Å². The maximum absolute atomic E-state index is 6.16. The van der Waals surface area contributed by atoms with Crippen LogP contribution in [0.15, 0.2) is 48.7 Å². The van der Waals surface area contributed by atoms with Gasteiger partial charge in [0.2, 0.25) is 0 Å². The molecule has 0 aliphatic heterocycles. The third-order valence-electron chi connectivity index (χ3n) is 2.94. The van der Waals surface area contributed by atoms with Crippen LogP contribution in [0.5, 0.6) is 0 Å². The van der Waals surface area contributed by atoms with Gasteiger partial charge in [-0.25, -0.2) is 0 Å². The summed E-state index contributed by atoms with van der Waals surface area (Å²) in [5.41, 5.74) is 8.70. The Labute approximate surface area is 126 Å². The third kappa shape index (κ3) is 2.50. The average molecular weight is 304 g/mol. The molecule has 1 aromatic heterocycles. The standard InChI is InChI=1S/C15H11Cl2N3/c16-12-7-10(18)8-13(17)15(12)20-11-3-4-14-9(6-11)2-1-5-19-14/h1-8,20H,18H2. The van der Waals surface area contributed by atoms with Crippen molar-refractivity contribution in [1.82, 2.24) is 4.98 Å². The van der Waals surface area contributed by atoms with Crippen molar-refractivity contribution >= 4 is 51.2 Å². The van der Waals surface area contributed by atoms with Gasteiger partial charge in [0.05, 0.1) is 21.2 Å². The molecule has 0 fully saturated rings. The van der Waals surface area contributed by atoms with E-state index in [2.05, 4.69) is 10.3 Å². The van der Waals surface area contributed by atoms with Crippen LogP contribution >= 0.6 is 23.2 Å². The number of benzene rings is 2. The molecule has 0 aliphatic rings. The maximum atomic E-state index is 6.16. The molecular weight excluding hydrogens is 293 g/mol. The van der Waals surface area contributed by atoms with Gasteiger partial charge in [-0.15, -0.1) is 0 Å². The van der Waals surface area contributed by atoms with Gasteiger partial charge in [-0.1, -0.05) is 29.3 Å². The van der Waals surface area contributed by atoms with Gasteiger partial charge in [-0.05, 0) is 36.4 Å². The summed E-state index contributed by atoms with van der Waals surface area (Å²) in [6.45, 7) is 0. The van der Waals surface area contributed by atoms with Crippen molar-refractivity contribution in [2.45, 2.75) is 0 Å². The van der Waals surface area contributed by atoms with E-state index in [1.165, 1.54) is 0 Å². The minimum atomic E-state index is 0.487. The van der Waals surface area contributed by atoms with Crippen LogP contribution in [-0.4, -0.2) is 4.98 Å². The number of halogens is 2. The number of anilines is 3. The number of nitrogens with two attached hydrogens (primary N) is 1. The normalized spacial score (nSPS) is 10.7. The molecule has 1 heterocycles. The zero-order chi connectivity index (χ0) is 14.1. The molecule has 5 heteroatoms. The molecule has 0 atom stereocenters. The monoisotopic (exact) mass is 303 g/mol. The van der Waals surface area contributed by atoms with Crippen molar-refractivity contribution in [3.05, 3.63) is 58.7 Å². The summed E-state index contributed by atoms with van der Waals surface area (Å²) in [4.78, 5) is 4.28. The van der Waals surface area contributed by atoms with E-state index < -0.39 is 0 Å². The van der Waals surface area contributed by atoms with Crippen LogP contribution in [0.2, 0.25) is 10.0 Å². The molecule has 3 nitrogen and oxygen atoms in total. The van der Waals surface area contributed by atoms with Gasteiger partial charge in [-0.3, -0.25) is 4.98 Å². The second-order valence-electron chi connectivity index (χ2n) is 4.40. The molecule has 0 radical (unpaired) electrons. The van der Waals surface area contributed by atoms with E-state index in [9.17, 15) is 0 Å². The molecule has 0 bridgehead atoms. The molecule has 3 rings (SSSR count). The van der Waals surface area contributed by atoms with E-state index in [0.29, 0.717) is 21.4 Å². The fourth-order valence-electron chi connectivity index (χ4n) is 2.01. The third-order valence-corrected chi connectivity index (χ3v) is 3.53. The van der Waals surface area contributed by atoms with Crippen LogP contribution < -0.4 is 11.1 Å². The number of nitrogens with one attached hydrogen (secondary N) is 1. The summed E-state index contributed by atoms with van der Waals surface area (Å²) in [5, 5.41) is 5.23. The van der Waals surface area contributed by atoms with Crippen molar-refractivity contribution in [3.63, 3.8) is 0 Å². The number of fused-ring (bicyclic) bond motifs is 1. The fourth-order valence-corrected chi connectivity index (χ4v) is 2.61. The lowest BCUT2D eigenvalue weighted by molar-refractivity contribution is 1.41. The number of nitrogens with zero attached hydrogens (tertiary/aromatic N) is 1. The molecule has 0 saturated heterocycles. The maximum Gasteiger partial charge on any atom is 0.0764 e. The van der Waals surface area contributed by atoms with Gasteiger partial charge < -0.3 is 11.1 Å². The van der Waals surface area contributed by atoms with E-state index in [1.807, 2.05) is 30.3 Å². The topological polar surface area (TPSA) is 50.9 Å². The Morgan fingerprint density at radius 3 is 2.50 bits per heavy atom. The van der Waals surface area contributed by atoms with Crippen molar-refractivity contribution in [2.75, 3.05) is 11.1 Å². The summed E-state index contributed by atoms with van der Waals surface area (Å²) < 4.78 is 0. The van der Waals surface area contributed by atoms with E-state index in [-0.39, 0.29) is 0 Å². The van der Waals surface area contributed by atoms with Crippen LogP contribution in [0.25, 0.3) is 10.9 Å². The molecule has 0 amide bonds. The first-order valence-electron chi connectivity index (χ1n) is 6.00. The minimum absolute atomic E-state index is 0.487. The highest BCUT2D eigenvalue weighted by Gasteiger charge is 2.08. The molecule has 0 aliphatic carbocycles. The largest absolute Gasteiger partial charge is 0.399 e. The molecule has 0 spiro atoms. The summed E-state index contributed by atoms with van der Waals surface area (Å²) in [6.07, 6.45) is 1.77. The Morgan fingerprint density at radius 1 is 1.00 bits per heavy atom. The van der Waals surface area contributed by atoms with E-state index >= 15 is 0 Å². The predicted molar refractivity (Wildman–Crippen MR) is 85.9 cm³/mol. The van der Waals surface area contributed by atoms with Gasteiger partial charge >= 0.3 is 0 Å². The second kappa shape index (κ2) is 5.19. The first-order valence-corrected chi connectivity index (χ1v) is 6.75. The Hall–Kier alpha value is -1.97. The Balaban J connectivity index is 2.01. The van der Waals surface area contributed by atoms with Crippen molar-refractivity contribution in [2.24, 2.45) is 0 Å². The molecule has 0 saturated carbocycles. The molecule has 0 unspecified atom stereocenters. The Morgan fingerprint density at radius 2 is 1.75 bits per heavy atom. The lowest BCUT2D eigenvalue weighted by Gasteiger charge is -2.12. The molecule has 3 aromatic rings. The molecule has 3 N–H and O–H groups in total. The minimum Gasteiger partial charge on any atom is -0.399 e. The van der Waals surface area contributed by atoms with Crippen LogP contribution in [0, 0.1) is 0 Å². The first-order chi connectivity index (χ1) is 9.63. The van der Waals surface area contributed by atoms with Gasteiger partial charge in [0.15, 0.2) is 0 Å². The predicted octanol–water partition coefficient (Wildman–Crippen LogP) is 4.87. The highest BCUT2D eigenvalue weighted by Crippen LogP contribution is 2.35. The number of rotatable bonds is 2. The Kier molecular flexibility index (Phi) is 3.38. The molecule has 2 aromatic carbocycles. The highest BCUT2D eigenvalue weighted by molar-refractivity contribution is 6.39. The SMILES string of the molecule is Nc1cc(Cl)c(Nc2ccc3ncccc3c2)c(Cl)c1. The Bertz CT molecular complexity index is 764. The zero-order valence-electron chi connectivity index (χ0n) is 10.4. The van der Waals surface area contributed by atoms with Crippen molar-refractivity contribution in [1.29, 1.82) is 0 Å². The number of aromatic nitrogens is 1. The average Bonchev–Trinajstić information content (AvgIpc) is 2.42. The highest BCUT2D eigenvalue weighted by atomic mass is 35.5. The molecular formula is C15H11Cl2N3. The lowest BCUT2D eigenvalue weighted by atomic mass is 10.2. The van der Waals surface area contributed by atoms with E-state index in [4.69, 9.17) is 28.9 Å². The first kappa shape index (κ1) is 13.0. The number of hydrogen-bond acceptors (Lipinski definition) is 3. The van der Waals surface area contributed by atoms with Gasteiger partial charge in [0.1, 0.15) is 0 Å². The van der Waals surface area contributed by atoms with Crippen molar-refractivity contribution in [3.8, 4) is 0 Å². The van der Waals surface area contributed by atoms with Crippen LogP contribution in [0.3, 0.4) is 0 Å². The fraction of sp³-hybridized carbons (Fsp3) is 0. The van der Waals surface area contributed by atoms with Crippen LogP contribution in [-0.2, 0) is 0 Å². The van der Waals surface area contributed by atoms with Crippen LogP contribution in [0.4, 0.5) is 17.1 Å². The zero-order valence-corrected chi connectivity index (χ0v) is 11.9. The number of hydrogen-bond donors (Lipinski definition) is 2. The second-order valence-corrected chi connectivity index (χ2v) is 5.21. The molecule has 20 heavy (non-hydrogen) atoms. The summed E-state index contributed by atoms with van der Waals surface area (Å²) in [6, 6.07) is 13.1. The summed E-state index contributed by atoms with van der Waals surface area (Å²) >= 11 is 12.3. The lowest BCUT2D eigenvalue weighted by Crippen LogP contribution is -1.94.